The van der Waals surface area contributed by atoms with Crippen LogP contribution in [0, 0.1) is 6.92 Å². The fourth-order valence-corrected chi connectivity index (χ4v) is 4.45. The molecule has 0 bridgehead atoms. The summed E-state index contributed by atoms with van der Waals surface area (Å²) in [6.45, 7) is 3.28. The average Bonchev–Trinajstić information content (AvgIpc) is 3.00. The minimum absolute atomic E-state index is 0. The number of aryl methyl sites for hydroxylation is 1. The van der Waals surface area contributed by atoms with Crippen LogP contribution in [-0.2, 0) is 11.2 Å². The second-order valence-corrected chi connectivity index (χ2v) is 8.54. The van der Waals surface area contributed by atoms with Crippen molar-refractivity contribution in [3.8, 4) is 0 Å². The maximum Gasteiger partial charge on any atom is 0.233 e. The van der Waals surface area contributed by atoms with E-state index in [1.165, 1.54) is 11.3 Å². The number of hydrogen-bond donors (Lipinski definition) is 0. The summed E-state index contributed by atoms with van der Waals surface area (Å²) in [5.74, 6) is -0.0206. The molecule has 2 aromatic carbocycles. The summed E-state index contributed by atoms with van der Waals surface area (Å²) in [6.07, 6.45) is 0.239. The van der Waals surface area contributed by atoms with Gasteiger partial charge in [0.2, 0.25) is 5.91 Å². The van der Waals surface area contributed by atoms with Crippen molar-refractivity contribution in [2.24, 2.45) is 0 Å². The van der Waals surface area contributed by atoms with E-state index < -0.39 is 0 Å². The molecule has 28 heavy (non-hydrogen) atoms. The Hall–Kier alpha value is -1.37. The molecule has 0 aliphatic carbocycles. The Morgan fingerprint density at radius 3 is 2.54 bits per heavy atom. The van der Waals surface area contributed by atoms with Gasteiger partial charge in [0.15, 0.2) is 5.13 Å². The van der Waals surface area contributed by atoms with Crippen molar-refractivity contribution in [1.82, 2.24) is 9.88 Å². The third-order valence-electron chi connectivity index (χ3n) is 4.24. The predicted octanol–water partition coefficient (Wildman–Crippen LogP) is 5.47. The maximum atomic E-state index is 13.1. The minimum Gasteiger partial charge on any atom is -0.308 e. The van der Waals surface area contributed by atoms with Gasteiger partial charge in [-0.1, -0.05) is 52.7 Å². The highest BCUT2D eigenvalue weighted by Gasteiger charge is 2.21. The summed E-state index contributed by atoms with van der Waals surface area (Å²) in [4.78, 5) is 21.6. The zero-order chi connectivity index (χ0) is 19.6. The Balaban J connectivity index is 0.00000280. The Morgan fingerprint density at radius 2 is 1.86 bits per heavy atom. The van der Waals surface area contributed by atoms with Crippen molar-refractivity contribution in [3.05, 3.63) is 57.6 Å². The number of anilines is 1. The van der Waals surface area contributed by atoms with E-state index in [1.54, 1.807) is 11.0 Å². The van der Waals surface area contributed by atoms with Gasteiger partial charge in [-0.05, 0) is 50.3 Å². The lowest BCUT2D eigenvalue weighted by Crippen LogP contribution is -2.37. The first kappa shape index (κ1) is 22.9. The van der Waals surface area contributed by atoms with E-state index in [2.05, 4.69) is 0 Å². The molecule has 0 radical (unpaired) electrons. The molecule has 3 rings (SSSR count). The van der Waals surface area contributed by atoms with Crippen molar-refractivity contribution in [2.75, 3.05) is 32.1 Å². The molecule has 3 aromatic rings. The van der Waals surface area contributed by atoms with Crippen LogP contribution in [0.4, 0.5) is 5.13 Å². The third kappa shape index (κ3) is 5.37. The van der Waals surface area contributed by atoms with Crippen molar-refractivity contribution >= 4 is 68.2 Å². The van der Waals surface area contributed by atoms with Crippen LogP contribution in [0.15, 0.2) is 36.4 Å². The molecule has 8 heteroatoms. The molecular formula is C20H22Cl3N3OS. The molecule has 0 unspecified atom stereocenters. The highest BCUT2D eigenvalue weighted by Crippen LogP contribution is 2.33. The van der Waals surface area contributed by atoms with E-state index in [1.807, 2.05) is 56.3 Å². The summed E-state index contributed by atoms with van der Waals surface area (Å²) in [5, 5.41) is 1.97. The Morgan fingerprint density at radius 1 is 1.14 bits per heavy atom. The number of nitrogens with zero attached hydrogens (tertiary/aromatic N) is 3. The van der Waals surface area contributed by atoms with E-state index in [0.29, 0.717) is 21.7 Å². The van der Waals surface area contributed by atoms with Gasteiger partial charge in [0.05, 0.1) is 16.6 Å². The van der Waals surface area contributed by atoms with Gasteiger partial charge in [0.25, 0.3) is 0 Å². The van der Waals surface area contributed by atoms with Gasteiger partial charge < -0.3 is 4.90 Å². The highest BCUT2D eigenvalue weighted by atomic mass is 35.5. The summed E-state index contributed by atoms with van der Waals surface area (Å²) < 4.78 is 0.982. The fraction of sp³-hybridized carbons (Fsp3) is 0.300. The molecule has 0 atom stereocenters. The van der Waals surface area contributed by atoms with E-state index in [-0.39, 0.29) is 24.7 Å². The van der Waals surface area contributed by atoms with Crippen LogP contribution in [0.5, 0.6) is 0 Å². The molecule has 0 N–H and O–H groups in total. The first-order chi connectivity index (χ1) is 12.8. The van der Waals surface area contributed by atoms with Gasteiger partial charge in [-0.2, -0.15) is 0 Å². The molecular weight excluding hydrogens is 437 g/mol. The fourth-order valence-electron chi connectivity index (χ4n) is 2.79. The lowest BCUT2D eigenvalue weighted by molar-refractivity contribution is -0.118. The Bertz CT molecular complexity index is 974. The van der Waals surface area contributed by atoms with Crippen molar-refractivity contribution in [3.63, 3.8) is 0 Å². The molecule has 0 fully saturated rings. The quantitative estimate of drug-likeness (QED) is 0.491. The molecule has 0 aliphatic heterocycles. The molecule has 0 spiro atoms. The van der Waals surface area contributed by atoms with Crippen molar-refractivity contribution in [2.45, 2.75) is 13.3 Å². The summed E-state index contributed by atoms with van der Waals surface area (Å²) >= 11 is 13.9. The van der Waals surface area contributed by atoms with E-state index in [0.717, 1.165) is 27.9 Å². The predicted molar refractivity (Wildman–Crippen MR) is 123 cm³/mol. The number of benzene rings is 2. The Kier molecular flexibility index (Phi) is 8.10. The molecule has 150 valence electrons. The molecule has 0 saturated carbocycles. The maximum absolute atomic E-state index is 13.1. The number of fused-ring (bicyclic) bond motifs is 1. The SMILES string of the molecule is Cc1cc(Cl)cc2sc(N(CCN(C)C)C(=O)Cc3ccccc3Cl)nc12.Cl. The van der Waals surface area contributed by atoms with Crippen LogP contribution in [0.25, 0.3) is 10.2 Å². The number of carbonyl (C=O) groups is 1. The smallest absolute Gasteiger partial charge is 0.233 e. The normalized spacial score (nSPS) is 10.9. The second-order valence-electron chi connectivity index (χ2n) is 6.68. The zero-order valence-electron chi connectivity index (χ0n) is 15.9. The van der Waals surface area contributed by atoms with Gasteiger partial charge >= 0.3 is 0 Å². The van der Waals surface area contributed by atoms with Gasteiger partial charge in [0, 0.05) is 23.1 Å². The molecule has 0 aliphatic rings. The molecule has 1 heterocycles. The minimum atomic E-state index is -0.0206. The average molecular weight is 459 g/mol. The third-order valence-corrected chi connectivity index (χ3v) is 5.85. The number of aromatic nitrogens is 1. The van der Waals surface area contributed by atoms with Crippen molar-refractivity contribution in [1.29, 1.82) is 0 Å². The lowest BCUT2D eigenvalue weighted by Gasteiger charge is -2.22. The van der Waals surface area contributed by atoms with Crippen LogP contribution in [0.3, 0.4) is 0 Å². The van der Waals surface area contributed by atoms with Crippen LogP contribution >= 0.6 is 46.9 Å². The number of amides is 1. The number of rotatable bonds is 6. The number of halogens is 3. The first-order valence-electron chi connectivity index (χ1n) is 8.60. The van der Waals surface area contributed by atoms with Crippen molar-refractivity contribution < 1.29 is 4.79 Å². The summed E-state index contributed by atoms with van der Waals surface area (Å²) in [7, 11) is 3.97. The van der Waals surface area contributed by atoms with Crippen LogP contribution < -0.4 is 4.90 Å². The van der Waals surface area contributed by atoms with Crippen LogP contribution in [0.1, 0.15) is 11.1 Å². The monoisotopic (exact) mass is 457 g/mol. The molecule has 1 amide bonds. The van der Waals surface area contributed by atoms with Gasteiger partial charge in [-0.3, -0.25) is 9.69 Å². The lowest BCUT2D eigenvalue weighted by atomic mass is 10.1. The van der Waals surface area contributed by atoms with E-state index >= 15 is 0 Å². The molecule has 1 aromatic heterocycles. The number of hydrogen-bond acceptors (Lipinski definition) is 4. The van der Waals surface area contributed by atoms with Crippen LogP contribution in [-0.4, -0.2) is 43.0 Å². The molecule has 4 nitrogen and oxygen atoms in total. The Labute approximate surface area is 185 Å². The van der Waals surface area contributed by atoms with Gasteiger partial charge in [0.1, 0.15) is 0 Å². The standard InChI is InChI=1S/C20H21Cl2N3OS.ClH/c1-13-10-15(21)12-17-19(13)23-20(27-17)25(9-8-24(2)3)18(26)11-14-6-4-5-7-16(14)22;/h4-7,10,12H,8-9,11H2,1-3H3;1H. The summed E-state index contributed by atoms with van der Waals surface area (Å²) in [5.41, 5.74) is 2.71. The van der Waals surface area contributed by atoms with Gasteiger partial charge in [-0.15, -0.1) is 12.4 Å². The van der Waals surface area contributed by atoms with Gasteiger partial charge in [-0.25, -0.2) is 4.98 Å². The highest BCUT2D eigenvalue weighted by molar-refractivity contribution is 7.22. The van der Waals surface area contributed by atoms with E-state index in [4.69, 9.17) is 28.2 Å². The second kappa shape index (κ2) is 9.90. The first-order valence-corrected chi connectivity index (χ1v) is 10.2. The number of thiazole rings is 1. The van der Waals surface area contributed by atoms with E-state index in [9.17, 15) is 4.79 Å². The topological polar surface area (TPSA) is 36.4 Å². The number of likely N-dealkylation sites (N-methyl/N-ethyl adjacent to an activating group) is 1. The largest absolute Gasteiger partial charge is 0.308 e. The molecule has 0 saturated heterocycles. The van der Waals surface area contributed by atoms with Crippen LogP contribution in [0.2, 0.25) is 10.0 Å². The number of carbonyl (C=O) groups excluding carboxylic acids is 1. The summed E-state index contributed by atoms with van der Waals surface area (Å²) in [6, 6.07) is 11.2. The zero-order valence-corrected chi connectivity index (χ0v) is 19.1.